The molecule has 1 saturated heterocycles. The van der Waals surface area contributed by atoms with Crippen LogP contribution in [-0.4, -0.2) is 40.1 Å². The van der Waals surface area contributed by atoms with Crippen LogP contribution >= 0.6 is 43.2 Å². The average Bonchev–Trinajstić information content (AvgIpc) is 2.67. The van der Waals surface area contributed by atoms with Gasteiger partial charge in [0.1, 0.15) is 12.6 Å². The first-order valence-corrected chi connectivity index (χ1v) is 8.64. The van der Waals surface area contributed by atoms with Gasteiger partial charge in [-0.15, -0.1) is 11.3 Å². The zero-order chi connectivity index (χ0) is 15.9. The van der Waals surface area contributed by atoms with Gasteiger partial charge in [-0.25, -0.2) is 4.79 Å². The second-order valence-electron chi connectivity index (χ2n) is 5.72. The number of hydrogen-bond acceptors (Lipinski definition) is 4. The molecule has 1 fully saturated rings. The van der Waals surface area contributed by atoms with Crippen LogP contribution in [0.1, 0.15) is 31.7 Å². The maximum atomic E-state index is 12.3. The molecular weight excluding hydrogens is 426 g/mol. The molecule has 0 bridgehead atoms. The number of hydrogen-bond donors (Lipinski definition) is 1. The van der Waals surface area contributed by atoms with Crippen LogP contribution in [0.25, 0.3) is 0 Å². The highest BCUT2D eigenvalue weighted by Crippen LogP contribution is 2.42. The molecule has 0 spiro atoms. The van der Waals surface area contributed by atoms with E-state index in [0.29, 0.717) is 0 Å². The van der Waals surface area contributed by atoms with Crippen molar-refractivity contribution in [1.29, 1.82) is 0 Å². The molecule has 0 aliphatic carbocycles. The Kier molecular flexibility index (Phi) is 4.82. The topological polar surface area (TPSA) is 66.8 Å². The molecule has 1 aromatic heterocycles. The van der Waals surface area contributed by atoms with Crippen molar-refractivity contribution in [2.75, 3.05) is 6.61 Å². The number of halogens is 2. The van der Waals surface area contributed by atoms with Gasteiger partial charge >= 0.3 is 5.97 Å². The lowest BCUT2D eigenvalue weighted by molar-refractivity contribution is -0.179. The van der Waals surface area contributed by atoms with Gasteiger partial charge in [0.2, 0.25) is 5.91 Å². The number of carbonyl (C=O) groups excluding carboxylic acids is 1. The Hall–Kier alpha value is -0.440. The summed E-state index contributed by atoms with van der Waals surface area (Å²) in [5, 5.41) is 9.43. The maximum absolute atomic E-state index is 12.3. The number of carboxylic acid groups (broad SMARTS) is 1. The molecule has 1 aliphatic heterocycles. The number of aliphatic carboxylic acids is 1. The summed E-state index contributed by atoms with van der Waals surface area (Å²) in [7, 11) is 0. The van der Waals surface area contributed by atoms with Crippen LogP contribution in [0.2, 0.25) is 0 Å². The van der Waals surface area contributed by atoms with Gasteiger partial charge in [0.05, 0.1) is 3.79 Å². The average molecular weight is 441 g/mol. The van der Waals surface area contributed by atoms with Crippen LogP contribution in [0.5, 0.6) is 0 Å². The molecule has 0 radical (unpaired) electrons. The highest BCUT2D eigenvalue weighted by Gasteiger charge is 2.46. The molecule has 116 valence electrons. The van der Waals surface area contributed by atoms with Crippen molar-refractivity contribution in [2.24, 2.45) is 0 Å². The van der Waals surface area contributed by atoms with Gasteiger partial charge in [-0.3, -0.25) is 4.79 Å². The minimum absolute atomic E-state index is 0.203. The fourth-order valence-corrected chi connectivity index (χ4v) is 4.60. The summed E-state index contributed by atoms with van der Waals surface area (Å²) in [6.45, 7) is 5.46. The number of nitrogens with zero attached hydrogens (tertiary/aromatic N) is 1. The summed E-state index contributed by atoms with van der Waals surface area (Å²) in [4.78, 5) is 26.2. The smallest absolute Gasteiger partial charge is 0.335 e. The number of thiophene rings is 1. The van der Waals surface area contributed by atoms with Crippen molar-refractivity contribution in [2.45, 2.75) is 38.5 Å². The predicted octanol–water partition coefficient (Wildman–Crippen LogP) is 3.42. The molecule has 5 nitrogen and oxygen atoms in total. The summed E-state index contributed by atoms with van der Waals surface area (Å²) < 4.78 is 6.97. The van der Waals surface area contributed by atoms with Gasteiger partial charge in [-0.05, 0) is 58.7 Å². The third-order valence-corrected chi connectivity index (χ3v) is 6.47. The first-order chi connectivity index (χ1) is 9.62. The van der Waals surface area contributed by atoms with Crippen molar-refractivity contribution >= 4 is 55.1 Å². The standard InChI is InChI=1S/C13H15Br2NO4S/c1-13(2,3)16-8(17)5-20-10(12(18)19)9(16)7-4-6(14)11(15)21-7/h4,9-10H,5H2,1-3H3,(H,18,19). The Morgan fingerprint density at radius 2 is 2.10 bits per heavy atom. The Morgan fingerprint density at radius 1 is 1.48 bits per heavy atom. The Balaban J connectivity index is 2.54. The van der Waals surface area contributed by atoms with E-state index in [-0.39, 0.29) is 12.5 Å². The molecule has 1 aromatic rings. The molecule has 2 rings (SSSR count). The third kappa shape index (κ3) is 3.33. The molecule has 0 aromatic carbocycles. The second-order valence-corrected chi connectivity index (χ2v) is 8.98. The largest absolute Gasteiger partial charge is 0.479 e. The first-order valence-electron chi connectivity index (χ1n) is 6.24. The number of morpholine rings is 1. The van der Waals surface area contributed by atoms with Crippen LogP contribution in [0.3, 0.4) is 0 Å². The minimum Gasteiger partial charge on any atom is -0.479 e. The molecule has 21 heavy (non-hydrogen) atoms. The summed E-state index contributed by atoms with van der Waals surface area (Å²) in [6, 6.07) is 1.19. The van der Waals surface area contributed by atoms with Crippen LogP contribution in [0.4, 0.5) is 0 Å². The van der Waals surface area contributed by atoms with Crippen LogP contribution in [-0.2, 0) is 14.3 Å². The highest BCUT2D eigenvalue weighted by molar-refractivity contribution is 9.13. The van der Waals surface area contributed by atoms with E-state index < -0.39 is 23.7 Å². The normalized spacial score (nSPS) is 23.5. The fourth-order valence-electron chi connectivity index (χ4n) is 2.40. The number of ether oxygens (including phenoxy) is 1. The Bertz CT molecular complexity index is 562. The van der Waals surface area contributed by atoms with Gasteiger partial charge in [0.15, 0.2) is 6.10 Å². The highest BCUT2D eigenvalue weighted by atomic mass is 79.9. The van der Waals surface area contributed by atoms with Gasteiger partial charge < -0.3 is 14.7 Å². The summed E-state index contributed by atoms with van der Waals surface area (Å²) >= 11 is 8.20. The molecule has 1 amide bonds. The Labute approximate surface area is 143 Å². The van der Waals surface area contributed by atoms with E-state index in [1.807, 2.05) is 26.8 Å². The lowest BCUT2D eigenvalue weighted by Crippen LogP contribution is -2.58. The second kappa shape index (κ2) is 5.98. The van der Waals surface area contributed by atoms with E-state index in [0.717, 1.165) is 13.1 Å². The quantitative estimate of drug-likeness (QED) is 0.764. The van der Waals surface area contributed by atoms with Crippen molar-refractivity contribution in [3.63, 3.8) is 0 Å². The van der Waals surface area contributed by atoms with Gasteiger partial charge in [0, 0.05) is 14.9 Å². The SMILES string of the molecule is CC(C)(C)N1C(=O)COC(C(=O)O)C1c1cc(Br)c(Br)s1. The van der Waals surface area contributed by atoms with Crippen molar-refractivity contribution < 1.29 is 19.4 Å². The number of carbonyl (C=O) groups is 2. The van der Waals surface area contributed by atoms with E-state index in [9.17, 15) is 14.7 Å². The van der Waals surface area contributed by atoms with Gasteiger partial charge in [0.25, 0.3) is 0 Å². The molecule has 2 atom stereocenters. The van der Waals surface area contributed by atoms with E-state index in [2.05, 4.69) is 31.9 Å². The Morgan fingerprint density at radius 3 is 2.52 bits per heavy atom. The lowest BCUT2D eigenvalue weighted by Gasteiger charge is -2.46. The van der Waals surface area contributed by atoms with Crippen molar-refractivity contribution in [1.82, 2.24) is 4.90 Å². The first kappa shape index (κ1) is 16.9. The minimum atomic E-state index is -1.07. The molecule has 2 heterocycles. The molecular formula is C13H15Br2NO4S. The fraction of sp³-hybridized carbons (Fsp3) is 0.538. The molecule has 8 heteroatoms. The van der Waals surface area contributed by atoms with E-state index in [4.69, 9.17) is 4.74 Å². The van der Waals surface area contributed by atoms with Gasteiger partial charge in [-0.1, -0.05) is 0 Å². The van der Waals surface area contributed by atoms with E-state index >= 15 is 0 Å². The predicted molar refractivity (Wildman–Crippen MR) is 86.4 cm³/mol. The molecule has 1 N–H and O–H groups in total. The number of rotatable bonds is 2. The zero-order valence-corrected chi connectivity index (χ0v) is 15.7. The monoisotopic (exact) mass is 439 g/mol. The van der Waals surface area contributed by atoms with E-state index in [1.54, 1.807) is 4.90 Å². The van der Waals surface area contributed by atoms with Gasteiger partial charge in [-0.2, -0.15) is 0 Å². The number of amides is 1. The lowest BCUT2D eigenvalue weighted by atomic mass is 9.96. The zero-order valence-electron chi connectivity index (χ0n) is 11.7. The molecule has 2 unspecified atom stereocenters. The third-order valence-electron chi connectivity index (χ3n) is 3.14. The summed E-state index contributed by atoms with van der Waals surface area (Å²) in [6.07, 6.45) is -1.07. The van der Waals surface area contributed by atoms with Crippen molar-refractivity contribution in [3.05, 3.63) is 19.2 Å². The molecule has 0 saturated carbocycles. The van der Waals surface area contributed by atoms with Crippen molar-refractivity contribution in [3.8, 4) is 0 Å². The van der Waals surface area contributed by atoms with Crippen LogP contribution in [0.15, 0.2) is 14.3 Å². The molecule has 1 aliphatic rings. The summed E-state index contributed by atoms with van der Waals surface area (Å²) in [5.74, 6) is -1.27. The maximum Gasteiger partial charge on any atom is 0.335 e. The van der Waals surface area contributed by atoms with Crippen LogP contribution in [0, 0.1) is 0 Å². The number of carboxylic acids is 1. The van der Waals surface area contributed by atoms with E-state index in [1.165, 1.54) is 11.3 Å². The summed E-state index contributed by atoms with van der Waals surface area (Å²) in [5.41, 5.74) is -0.498. The van der Waals surface area contributed by atoms with Crippen LogP contribution < -0.4 is 0 Å².